The molecule has 1 aliphatic heterocycles. The van der Waals surface area contributed by atoms with Crippen molar-refractivity contribution < 1.29 is 9.53 Å². The number of carbonyl (C=O) groups excluding carboxylic acids is 1. The van der Waals surface area contributed by atoms with Gasteiger partial charge in [0.05, 0.1) is 17.4 Å². The van der Waals surface area contributed by atoms with Gasteiger partial charge in [-0.15, -0.1) is 11.6 Å². The fourth-order valence-corrected chi connectivity index (χ4v) is 1.59. The zero-order valence-corrected chi connectivity index (χ0v) is 9.20. The van der Waals surface area contributed by atoms with E-state index in [9.17, 15) is 4.79 Å². The van der Waals surface area contributed by atoms with E-state index >= 15 is 0 Å². The van der Waals surface area contributed by atoms with Crippen LogP contribution in [0.15, 0.2) is 18.3 Å². The van der Waals surface area contributed by atoms with E-state index in [0.717, 1.165) is 0 Å². The minimum Gasteiger partial charge on any atom is -0.443 e. The predicted octanol–water partition coefficient (Wildman–Crippen LogP) is 2.30. The summed E-state index contributed by atoms with van der Waals surface area (Å²) in [5, 5.41) is 0.528. The first kappa shape index (κ1) is 10.5. The second-order valence-electron chi connectivity index (χ2n) is 3.11. The van der Waals surface area contributed by atoms with Gasteiger partial charge in [0.25, 0.3) is 0 Å². The van der Waals surface area contributed by atoms with Crippen LogP contribution in [-0.2, 0) is 4.74 Å². The van der Waals surface area contributed by atoms with Crippen molar-refractivity contribution in [3.05, 3.63) is 23.4 Å². The summed E-state index contributed by atoms with van der Waals surface area (Å²) < 4.78 is 4.99. The van der Waals surface area contributed by atoms with Gasteiger partial charge in [-0.1, -0.05) is 11.6 Å². The lowest BCUT2D eigenvalue weighted by molar-refractivity contribution is 0.151. The number of amides is 1. The van der Waals surface area contributed by atoms with E-state index in [2.05, 4.69) is 4.98 Å². The third-order valence-corrected chi connectivity index (χ3v) is 2.60. The highest BCUT2D eigenvalue weighted by Crippen LogP contribution is 2.21. The van der Waals surface area contributed by atoms with Crippen LogP contribution in [0, 0.1) is 0 Å². The van der Waals surface area contributed by atoms with Crippen LogP contribution in [0.25, 0.3) is 0 Å². The van der Waals surface area contributed by atoms with Crippen LogP contribution in [0.4, 0.5) is 10.6 Å². The van der Waals surface area contributed by atoms with Crippen LogP contribution in [-0.4, -0.2) is 29.6 Å². The van der Waals surface area contributed by atoms with Crippen LogP contribution in [0.5, 0.6) is 0 Å². The third-order valence-electron chi connectivity index (χ3n) is 2.03. The molecular weight excluding hydrogens is 239 g/mol. The first-order valence-electron chi connectivity index (χ1n) is 4.36. The molecule has 0 bridgehead atoms. The number of rotatable bonds is 2. The number of ether oxygens (including phenoxy) is 1. The maximum absolute atomic E-state index is 11.4. The van der Waals surface area contributed by atoms with Gasteiger partial charge in [0, 0.05) is 6.20 Å². The van der Waals surface area contributed by atoms with E-state index in [1.165, 1.54) is 11.1 Å². The Bertz CT molecular complexity index is 369. The number of alkyl halides is 1. The molecule has 2 heterocycles. The standard InChI is InChI=1S/C9H8Cl2N2O2/c10-3-7-5-13(9(14)15-7)8-2-1-6(11)4-12-8/h1-2,4,7H,3,5H2. The second-order valence-corrected chi connectivity index (χ2v) is 3.85. The molecule has 2 rings (SSSR count). The molecule has 1 fully saturated rings. The average molecular weight is 247 g/mol. The molecule has 1 atom stereocenters. The molecule has 0 aliphatic carbocycles. The Kier molecular flexibility index (Phi) is 2.98. The van der Waals surface area contributed by atoms with Crippen molar-refractivity contribution in [3.63, 3.8) is 0 Å². The van der Waals surface area contributed by atoms with E-state index in [-0.39, 0.29) is 12.0 Å². The average Bonchev–Trinajstić information content (AvgIpc) is 2.61. The smallest absolute Gasteiger partial charge is 0.415 e. The summed E-state index contributed by atoms with van der Waals surface area (Å²) in [4.78, 5) is 16.9. The topological polar surface area (TPSA) is 42.4 Å². The van der Waals surface area contributed by atoms with Gasteiger partial charge in [-0.05, 0) is 12.1 Å². The summed E-state index contributed by atoms with van der Waals surface area (Å²) in [6.07, 6.45) is 0.796. The zero-order valence-electron chi connectivity index (χ0n) is 7.69. The number of hydrogen-bond acceptors (Lipinski definition) is 3. The first-order valence-corrected chi connectivity index (χ1v) is 5.27. The molecule has 0 aromatic carbocycles. The van der Waals surface area contributed by atoms with Crippen molar-refractivity contribution in [1.82, 2.24) is 4.98 Å². The van der Waals surface area contributed by atoms with Crippen LogP contribution in [0.3, 0.4) is 0 Å². The number of halogens is 2. The molecule has 0 saturated carbocycles. The highest BCUT2D eigenvalue weighted by Gasteiger charge is 2.32. The number of hydrogen-bond donors (Lipinski definition) is 0. The van der Waals surface area contributed by atoms with E-state index in [1.807, 2.05) is 0 Å². The van der Waals surface area contributed by atoms with Crippen molar-refractivity contribution in [2.45, 2.75) is 6.10 Å². The molecule has 1 aromatic rings. The highest BCUT2D eigenvalue weighted by molar-refractivity contribution is 6.30. The van der Waals surface area contributed by atoms with E-state index < -0.39 is 6.09 Å². The SMILES string of the molecule is O=C1OC(CCl)CN1c1ccc(Cl)cn1. The molecule has 6 heteroatoms. The van der Waals surface area contributed by atoms with Crippen LogP contribution >= 0.6 is 23.2 Å². The second kappa shape index (κ2) is 4.24. The van der Waals surface area contributed by atoms with Gasteiger partial charge in [-0.25, -0.2) is 9.78 Å². The Morgan fingerprint density at radius 2 is 2.40 bits per heavy atom. The lowest BCUT2D eigenvalue weighted by Gasteiger charge is -2.10. The summed E-state index contributed by atoms with van der Waals surface area (Å²) in [5.41, 5.74) is 0. The molecule has 80 valence electrons. The minimum atomic E-state index is -0.421. The fraction of sp³-hybridized carbons (Fsp3) is 0.333. The van der Waals surface area contributed by atoms with Gasteiger partial charge in [0.2, 0.25) is 0 Å². The maximum Gasteiger partial charge on any atom is 0.415 e. The van der Waals surface area contributed by atoms with E-state index in [0.29, 0.717) is 17.4 Å². The molecule has 1 amide bonds. The summed E-state index contributed by atoms with van der Waals surface area (Å²) in [6, 6.07) is 3.34. The quantitative estimate of drug-likeness (QED) is 0.753. The van der Waals surface area contributed by atoms with Crippen LogP contribution in [0.2, 0.25) is 5.02 Å². The van der Waals surface area contributed by atoms with Gasteiger partial charge in [-0.2, -0.15) is 0 Å². The van der Waals surface area contributed by atoms with Crippen molar-refractivity contribution in [2.24, 2.45) is 0 Å². The van der Waals surface area contributed by atoms with Crippen molar-refractivity contribution in [1.29, 1.82) is 0 Å². The molecule has 0 radical (unpaired) electrons. The van der Waals surface area contributed by atoms with Gasteiger partial charge in [-0.3, -0.25) is 4.90 Å². The monoisotopic (exact) mass is 246 g/mol. The van der Waals surface area contributed by atoms with Crippen molar-refractivity contribution in [2.75, 3.05) is 17.3 Å². The summed E-state index contributed by atoms with van der Waals surface area (Å²) >= 11 is 11.3. The number of pyridine rings is 1. The van der Waals surface area contributed by atoms with Gasteiger partial charge in [0.1, 0.15) is 11.9 Å². The lowest BCUT2D eigenvalue weighted by atomic mass is 10.4. The van der Waals surface area contributed by atoms with Crippen LogP contribution in [0.1, 0.15) is 0 Å². The largest absolute Gasteiger partial charge is 0.443 e. The number of anilines is 1. The molecule has 4 nitrogen and oxygen atoms in total. The Hall–Kier alpha value is -1.00. The Morgan fingerprint density at radius 3 is 2.93 bits per heavy atom. The van der Waals surface area contributed by atoms with Crippen LogP contribution < -0.4 is 4.90 Å². The highest BCUT2D eigenvalue weighted by atomic mass is 35.5. The Balaban J connectivity index is 2.18. The molecule has 1 unspecified atom stereocenters. The van der Waals surface area contributed by atoms with Gasteiger partial charge in [0.15, 0.2) is 0 Å². The Morgan fingerprint density at radius 1 is 1.60 bits per heavy atom. The Labute approximate surface area is 96.7 Å². The number of nitrogens with zero attached hydrogens (tertiary/aromatic N) is 2. The van der Waals surface area contributed by atoms with E-state index in [4.69, 9.17) is 27.9 Å². The molecule has 1 aromatic heterocycles. The fourth-order valence-electron chi connectivity index (χ4n) is 1.32. The molecule has 1 aliphatic rings. The zero-order chi connectivity index (χ0) is 10.8. The maximum atomic E-state index is 11.4. The third kappa shape index (κ3) is 2.16. The lowest BCUT2D eigenvalue weighted by Crippen LogP contribution is -2.25. The molecule has 15 heavy (non-hydrogen) atoms. The molecule has 0 spiro atoms. The number of carbonyl (C=O) groups is 1. The molecular formula is C9H8Cl2N2O2. The summed E-state index contributed by atoms with van der Waals surface area (Å²) in [7, 11) is 0. The first-order chi connectivity index (χ1) is 7.20. The predicted molar refractivity (Wildman–Crippen MR) is 57.6 cm³/mol. The van der Waals surface area contributed by atoms with Crippen molar-refractivity contribution in [3.8, 4) is 0 Å². The number of aromatic nitrogens is 1. The van der Waals surface area contributed by atoms with E-state index in [1.54, 1.807) is 12.1 Å². The van der Waals surface area contributed by atoms with Gasteiger partial charge >= 0.3 is 6.09 Å². The number of cyclic esters (lactones) is 1. The van der Waals surface area contributed by atoms with Crippen molar-refractivity contribution >= 4 is 35.1 Å². The normalized spacial score (nSPS) is 20.5. The molecule has 1 saturated heterocycles. The summed E-state index contributed by atoms with van der Waals surface area (Å²) in [6.45, 7) is 0.428. The van der Waals surface area contributed by atoms with Gasteiger partial charge < -0.3 is 4.74 Å². The minimum absolute atomic E-state index is 0.267. The molecule has 0 N–H and O–H groups in total. The summed E-state index contributed by atoms with van der Waals surface area (Å²) in [5.74, 6) is 0.813.